The molecule has 6 heteroatoms. The van der Waals surface area contributed by atoms with Crippen molar-refractivity contribution in [1.29, 1.82) is 0 Å². The van der Waals surface area contributed by atoms with E-state index in [2.05, 4.69) is 4.74 Å². The van der Waals surface area contributed by atoms with Crippen LogP contribution >= 0.6 is 0 Å². The van der Waals surface area contributed by atoms with E-state index in [0.717, 1.165) is 13.2 Å². The molecule has 0 saturated carbocycles. The molecule has 90 valence electrons. The number of hydrogen-bond acceptors (Lipinski definition) is 4. The van der Waals surface area contributed by atoms with Gasteiger partial charge in [0.25, 0.3) is 0 Å². The second-order valence-electron chi connectivity index (χ2n) is 3.08. The van der Waals surface area contributed by atoms with Gasteiger partial charge < -0.3 is 20.3 Å². The normalized spacial score (nSPS) is 12.4. The maximum Gasteiger partial charge on any atom is 0.209 e. The molecule has 0 amide bonds. The zero-order valence-electron chi connectivity index (χ0n) is 8.96. The molecule has 0 aliphatic heterocycles. The Labute approximate surface area is 91.6 Å². The molecule has 1 aromatic rings. The van der Waals surface area contributed by atoms with Crippen LogP contribution in [-0.2, 0) is 0 Å². The molecule has 3 N–H and O–H groups in total. The molecule has 1 unspecified atom stereocenters. The highest BCUT2D eigenvalue weighted by Gasteiger charge is 2.23. The minimum absolute atomic E-state index is 0.155. The number of benzene rings is 1. The summed E-state index contributed by atoms with van der Waals surface area (Å²) in [4.78, 5) is 0. The molecule has 0 heterocycles. The van der Waals surface area contributed by atoms with Gasteiger partial charge in [-0.3, -0.25) is 0 Å². The van der Waals surface area contributed by atoms with Gasteiger partial charge in [0.2, 0.25) is 5.82 Å². The van der Waals surface area contributed by atoms with Gasteiger partial charge in [0.1, 0.15) is 0 Å². The zero-order chi connectivity index (χ0) is 12.3. The van der Waals surface area contributed by atoms with E-state index in [-0.39, 0.29) is 17.9 Å². The van der Waals surface area contributed by atoms with E-state index >= 15 is 0 Å². The number of nitrogens with two attached hydrogens (primary N) is 1. The monoisotopic (exact) mass is 233 g/mol. The molecule has 0 saturated heterocycles. The van der Waals surface area contributed by atoms with Gasteiger partial charge >= 0.3 is 0 Å². The smallest absolute Gasteiger partial charge is 0.209 e. The van der Waals surface area contributed by atoms with Gasteiger partial charge in [-0.1, -0.05) is 0 Å². The lowest BCUT2D eigenvalue weighted by atomic mass is 10.1. The Balaban J connectivity index is 3.40. The summed E-state index contributed by atoms with van der Waals surface area (Å²) in [6, 6.07) is 1.06. The molecule has 0 fully saturated rings. The molecule has 4 nitrogen and oxygen atoms in total. The molecule has 16 heavy (non-hydrogen) atoms. The fourth-order valence-corrected chi connectivity index (χ4v) is 1.30. The van der Waals surface area contributed by atoms with Gasteiger partial charge in [-0.25, -0.2) is 4.39 Å². The highest BCUT2D eigenvalue weighted by atomic mass is 19.1. The van der Waals surface area contributed by atoms with Crippen molar-refractivity contribution in [3.63, 3.8) is 0 Å². The van der Waals surface area contributed by atoms with Crippen LogP contribution in [0.25, 0.3) is 0 Å². The number of aliphatic hydroxyl groups excluding tert-OH is 1. The SMILES string of the molecule is COc1cc(C(O)CN)c(F)c(OC)c1F. The largest absolute Gasteiger partial charge is 0.494 e. The van der Waals surface area contributed by atoms with Gasteiger partial charge in [-0.05, 0) is 6.07 Å². The van der Waals surface area contributed by atoms with Crippen molar-refractivity contribution in [1.82, 2.24) is 0 Å². The van der Waals surface area contributed by atoms with Gasteiger partial charge in [0.15, 0.2) is 17.3 Å². The van der Waals surface area contributed by atoms with Gasteiger partial charge in [-0.15, -0.1) is 0 Å². The van der Waals surface area contributed by atoms with Crippen molar-refractivity contribution >= 4 is 0 Å². The molecule has 1 aromatic carbocycles. The molecular weight excluding hydrogens is 220 g/mol. The minimum Gasteiger partial charge on any atom is -0.494 e. The number of aliphatic hydroxyl groups is 1. The Bertz CT molecular complexity index is 385. The van der Waals surface area contributed by atoms with Gasteiger partial charge in [0, 0.05) is 12.1 Å². The van der Waals surface area contributed by atoms with E-state index < -0.39 is 23.5 Å². The number of methoxy groups -OCH3 is 2. The summed E-state index contributed by atoms with van der Waals surface area (Å²) in [6.45, 7) is -0.186. The van der Waals surface area contributed by atoms with Crippen molar-refractivity contribution in [3.8, 4) is 11.5 Å². The van der Waals surface area contributed by atoms with E-state index in [1.54, 1.807) is 0 Å². The predicted molar refractivity (Wildman–Crippen MR) is 53.5 cm³/mol. The Hall–Kier alpha value is -1.40. The average Bonchev–Trinajstić information content (AvgIpc) is 2.29. The van der Waals surface area contributed by atoms with Crippen molar-refractivity contribution < 1.29 is 23.4 Å². The third-order valence-corrected chi connectivity index (χ3v) is 2.16. The summed E-state index contributed by atoms with van der Waals surface area (Å²) in [7, 11) is 2.36. The predicted octanol–water partition coefficient (Wildman–Crippen LogP) is 0.974. The first-order valence-corrected chi connectivity index (χ1v) is 4.54. The fraction of sp³-hybridized carbons (Fsp3) is 0.400. The van der Waals surface area contributed by atoms with Gasteiger partial charge in [-0.2, -0.15) is 4.39 Å². The second kappa shape index (κ2) is 5.09. The summed E-state index contributed by atoms with van der Waals surface area (Å²) in [6.07, 6.45) is -1.23. The molecular formula is C10H13F2NO3. The lowest BCUT2D eigenvalue weighted by Crippen LogP contribution is -2.14. The molecule has 1 rings (SSSR count). The van der Waals surface area contributed by atoms with Crippen molar-refractivity contribution in [2.45, 2.75) is 6.10 Å². The van der Waals surface area contributed by atoms with Crippen LogP contribution in [0.15, 0.2) is 6.07 Å². The maximum absolute atomic E-state index is 13.7. The van der Waals surface area contributed by atoms with E-state index in [0.29, 0.717) is 0 Å². The van der Waals surface area contributed by atoms with Crippen LogP contribution in [0.2, 0.25) is 0 Å². The van der Waals surface area contributed by atoms with E-state index in [4.69, 9.17) is 10.5 Å². The third kappa shape index (κ3) is 2.07. The van der Waals surface area contributed by atoms with E-state index in [1.807, 2.05) is 0 Å². The number of rotatable bonds is 4. The fourth-order valence-electron chi connectivity index (χ4n) is 1.30. The molecule has 0 aliphatic rings. The Morgan fingerprint density at radius 1 is 1.31 bits per heavy atom. The van der Waals surface area contributed by atoms with Crippen LogP contribution in [0.4, 0.5) is 8.78 Å². The van der Waals surface area contributed by atoms with Crippen molar-refractivity contribution in [3.05, 3.63) is 23.3 Å². The summed E-state index contributed by atoms with van der Waals surface area (Å²) in [5, 5.41) is 9.44. The first-order valence-electron chi connectivity index (χ1n) is 4.54. The second-order valence-corrected chi connectivity index (χ2v) is 3.08. The standard InChI is InChI=1S/C10H13F2NO3/c1-15-7-3-5(6(14)4-13)8(11)10(16-2)9(7)12/h3,6,14H,4,13H2,1-2H3. The molecule has 0 aromatic heterocycles. The molecule has 0 radical (unpaired) electrons. The van der Waals surface area contributed by atoms with Crippen LogP contribution in [0.3, 0.4) is 0 Å². The van der Waals surface area contributed by atoms with Crippen molar-refractivity contribution in [2.24, 2.45) is 5.73 Å². The lowest BCUT2D eigenvalue weighted by Gasteiger charge is -2.15. The molecule has 0 bridgehead atoms. The van der Waals surface area contributed by atoms with Crippen LogP contribution < -0.4 is 15.2 Å². The first kappa shape index (κ1) is 12.7. The molecule has 1 atom stereocenters. The zero-order valence-corrected chi connectivity index (χ0v) is 8.96. The first-order chi connectivity index (χ1) is 7.56. The molecule has 0 spiro atoms. The maximum atomic E-state index is 13.7. The van der Waals surface area contributed by atoms with E-state index in [1.165, 1.54) is 7.11 Å². The number of halogens is 2. The summed E-state index contributed by atoms with van der Waals surface area (Å²) < 4.78 is 36.4. The Kier molecular flexibility index (Phi) is 4.03. The quantitative estimate of drug-likeness (QED) is 0.813. The summed E-state index contributed by atoms with van der Waals surface area (Å²) in [5.41, 5.74) is 5.05. The molecule has 0 aliphatic carbocycles. The topological polar surface area (TPSA) is 64.7 Å². The van der Waals surface area contributed by atoms with E-state index in [9.17, 15) is 13.9 Å². The minimum atomic E-state index is -1.23. The Morgan fingerprint density at radius 2 is 1.94 bits per heavy atom. The highest BCUT2D eigenvalue weighted by Crippen LogP contribution is 2.34. The van der Waals surface area contributed by atoms with Crippen LogP contribution in [0, 0.1) is 11.6 Å². The number of hydrogen-bond donors (Lipinski definition) is 2. The summed E-state index contributed by atoms with van der Waals surface area (Å²) in [5.74, 6) is -2.73. The van der Waals surface area contributed by atoms with Gasteiger partial charge in [0.05, 0.1) is 20.3 Å². The Morgan fingerprint density at radius 3 is 2.38 bits per heavy atom. The third-order valence-electron chi connectivity index (χ3n) is 2.16. The van der Waals surface area contributed by atoms with Crippen LogP contribution in [0.1, 0.15) is 11.7 Å². The van der Waals surface area contributed by atoms with Crippen LogP contribution in [0.5, 0.6) is 11.5 Å². The van der Waals surface area contributed by atoms with Crippen LogP contribution in [-0.4, -0.2) is 25.9 Å². The highest BCUT2D eigenvalue weighted by molar-refractivity contribution is 5.43. The summed E-state index contributed by atoms with van der Waals surface area (Å²) >= 11 is 0. The average molecular weight is 233 g/mol. The lowest BCUT2D eigenvalue weighted by molar-refractivity contribution is 0.179. The number of ether oxygens (including phenoxy) is 2. The van der Waals surface area contributed by atoms with Crippen molar-refractivity contribution in [2.75, 3.05) is 20.8 Å².